The highest BCUT2D eigenvalue weighted by Crippen LogP contribution is 2.28. The zero-order valence-corrected chi connectivity index (χ0v) is 10.8. The lowest BCUT2D eigenvalue weighted by atomic mass is 10.0. The van der Waals surface area contributed by atoms with Crippen molar-refractivity contribution in [3.63, 3.8) is 0 Å². The van der Waals surface area contributed by atoms with Gasteiger partial charge in [-0.3, -0.25) is 0 Å². The summed E-state index contributed by atoms with van der Waals surface area (Å²) in [4.78, 5) is 15.4. The summed E-state index contributed by atoms with van der Waals surface area (Å²) in [6, 6.07) is 6.70. The lowest BCUT2D eigenvalue weighted by Gasteiger charge is -2.34. The Bertz CT molecular complexity index is 490. The molecule has 20 heavy (non-hydrogen) atoms. The minimum absolute atomic E-state index is 0.0980. The van der Waals surface area contributed by atoms with Gasteiger partial charge in [0.25, 0.3) is 0 Å². The molecular formula is C13H14F3NO3. The highest BCUT2D eigenvalue weighted by Gasteiger charge is 2.44. The fourth-order valence-electron chi connectivity index (χ4n) is 2.06. The molecule has 0 N–H and O–H groups in total. The van der Waals surface area contributed by atoms with E-state index in [1.165, 1.54) is 0 Å². The number of hydrogen-bond donors (Lipinski definition) is 0. The molecule has 1 atom stereocenters. The maximum atomic E-state index is 12.3. The number of benzene rings is 1. The molecule has 110 valence electrons. The van der Waals surface area contributed by atoms with Crippen molar-refractivity contribution in [2.24, 2.45) is 0 Å². The molecule has 1 heterocycles. The van der Waals surface area contributed by atoms with Gasteiger partial charge in [-0.05, 0) is 18.1 Å². The summed E-state index contributed by atoms with van der Waals surface area (Å²) in [6.07, 6.45) is -5.01. The van der Waals surface area contributed by atoms with Crippen LogP contribution in [0.3, 0.4) is 0 Å². The minimum atomic E-state index is -5.01. The maximum Gasteiger partial charge on any atom is 0.492 e. The van der Waals surface area contributed by atoms with E-state index >= 15 is 0 Å². The van der Waals surface area contributed by atoms with Gasteiger partial charge in [-0.2, -0.15) is 13.2 Å². The van der Waals surface area contributed by atoms with Crippen LogP contribution in [0.2, 0.25) is 0 Å². The summed E-state index contributed by atoms with van der Waals surface area (Å²) < 4.78 is 42.1. The molecule has 1 saturated heterocycles. The van der Waals surface area contributed by atoms with Gasteiger partial charge in [0.15, 0.2) is 0 Å². The quantitative estimate of drug-likeness (QED) is 0.838. The van der Waals surface area contributed by atoms with Gasteiger partial charge < -0.3 is 9.57 Å². The van der Waals surface area contributed by atoms with E-state index in [4.69, 9.17) is 4.74 Å². The predicted octanol–water partition coefficient (Wildman–Crippen LogP) is 2.39. The molecular weight excluding hydrogens is 275 g/mol. The Morgan fingerprint density at radius 1 is 1.40 bits per heavy atom. The molecule has 7 heteroatoms. The molecule has 1 unspecified atom stereocenters. The van der Waals surface area contributed by atoms with Crippen molar-refractivity contribution >= 4 is 5.97 Å². The Balaban J connectivity index is 2.18. The second-order valence-electron chi connectivity index (χ2n) is 4.46. The molecule has 0 bridgehead atoms. The van der Waals surface area contributed by atoms with Crippen LogP contribution in [-0.4, -0.2) is 37.0 Å². The lowest BCUT2D eigenvalue weighted by Crippen LogP contribution is -2.43. The molecule has 0 spiro atoms. The Morgan fingerprint density at radius 3 is 2.75 bits per heavy atom. The topological polar surface area (TPSA) is 38.8 Å². The first-order valence-electron chi connectivity index (χ1n) is 6.08. The third kappa shape index (κ3) is 3.29. The molecule has 0 radical (unpaired) electrons. The Morgan fingerprint density at radius 2 is 2.10 bits per heavy atom. The van der Waals surface area contributed by atoms with Gasteiger partial charge in [0.2, 0.25) is 0 Å². The highest BCUT2D eigenvalue weighted by atomic mass is 19.4. The number of hydroxylamine groups is 2. The highest BCUT2D eigenvalue weighted by molar-refractivity contribution is 5.75. The number of morpholine rings is 1. The molecule has 0 saturated carbocycles. The number of nitrogens with zero attached hydrogens (tertiary/aromatic N) is 1. The van der Waals surface area contributed by atoms with Crippen molar-refractivity contribution in [3.8, 4) is 0 Å². The molecule has 0 aliphatic carbocycles. The van der Waals surface area contributed by atoms with Crippen LogP contribution >= 0.6 is 0 Å². The van der Waals surface area contributed by atoms with Gasteiger partial charge >= 0.3 is 12.1 Å². The van der Waals surface area contributed by atoms with Gasteiger partial charge in [0.05, 0.1) is 25.8 Å². The van der Waals surface area contributed by atoms with Crippen molar-refractivity contribution < 1.29 is 27.5 Å². The van der Waals surface area contributed by atoms with Crippen molar-refractivity contribution in [1.29, 1.82) is 0 Å². The summed E-state index contributed by atoms with van der Waals surface area (Å²) in [5.74, 6) is -2.21. The van der Waals surface area contributed by atoms with Crippen LogP contribution in [0.4, 0.5) is 13.2 Å². The number of carbonyl (C=O) groups is 1. The Labute approximate surface area is 114 Å². The lowest BCUT2D eigenvalue weighted by molar-refractivity contribution is -0.260. The van der Waals surface area contributed by atoms with E-state index in [0.717, 1.165) is 16.2 Å². The van der Waals surface area contributed by atoms with Crippen LogP contribution in [-0.2, 0) is 14.4 Å². The van der Waals surface area contributed by atoms with E-state index in [9.17, 15) is 18.0 Å². The van der Waals surface area contributed by atoms with Crippen molar-refractivity contribution in [1.82, 2.24) is 5.06 Å². The van der Waals surface area contributed by atoms with Crippen LogP contribution in [0.5, 0.6) is 0 Å². The molecule has 1 fully saturated rings. The summed E-state index contributed by atoms with van der Waals surface area (Å²) >= 11 is 0. The first-order chi connectivity index (χ1) is 9.39. The zero-order valence-electron chi connectivity index (χ0n) is 10.8. The smallest absolute Gasteiger partial charge is 0.378 e. The van der Waals surface area contributed by atoms with Crippen LogP contribution in [0.25, 0.3) is 0 Å². The first-order valence-corrected chi connectivity index (χ1v) is 6.08. The van der Waals surface area contributed by atoms with Gasteiger partial charge in [0, 0.05) is 0 Å². The summed E-state index contributed by atoms with van der Waals surface area (Å²) in [7, 11) is 0. The molecule has 2 rings (SSSR count). The number of alkyl halides is 3. The van der Waals surface area contributed by atoms with Crippen LogP contribution < -0.4 is 0 Å². The number of aryl methyl sites for hydroxylation is 1. The summed E-state index contributed by atoms with van der Waals surface area (Å²) in [6.45, 7) is 2.33. The average molecular weight is 289 g/mol. The monoisotopic (exact) mass is 289 g/mol. The summed E-state index contributed by atoms with van der Waals surface area (Å²) in [5, 5.41) is 1.04. The maximum absolute atomic E-state index is 12.3. The fourth-order valence-corrected chi connectivity index (χ4v) is 2.06. The number of rotatable bonds is 2. The van der Waals surface area contributed by atoms with Crippen LogP contribution in [0.15, 0.2) is 24.3 Å². The van der Waals surface area contributed by atoms with E-state index in [2.05, 4.69) is 4.84 Å². The molecule has 4 nitrogen and oxygen atoms in total. The number of carbonyl (C=O) groups excluding carboxylic acids is 1. The number of ether oxygens (including phenoxy) is 1. The number of halogens is 3. The van der Waals surface area contributed by atoms with Crippen LogP contribution in [0.1, 0.15) is 17.2 Å². The van der Waals surface area contributed by atoms with E-state index in [0.29, 0.717) is 0 Å². The van der Waals surface area contributed by atoms with E-state index in [1.54, 1.807) is 12.1 Å². The second-order valence-corrected chi connectivity index (χ2v) is 4.46. The Hall–Kier alpha value is -1.60. The van der Waals surface area contributed by atoms with E-state index in [-0.39, 0.29) is 19.8 Å². The second kappa shape index (κ2) is 5.80. The normalized spacial score (nSPS) is 20.7. The SMILES string of the molecule is Cc1ccccc1C1COCCN1OC(=O)C(F)(F)F. The van der Waals surface area contributed by atoms with Crippen molar-refractivity contribution in [2.45, 2.75) is 19.1 Å². The minimum Gasteiger partial charge on any atom is -0.378 e. The molecule has 0 amide bonds. The molecule has 1 aromatic rings. The third-order valence-electron chi connectivity index (χ3n) is 3.06. The molecule has 1 aliphatic heterocycles. The van der Waals surface area contributed by atoms with Crippen molar-refractivity contribution in [2.75, 3.05) is 19.8 Å². The fraction of sp³-hybridized carbons (Fsp3) is 0.462. The third-order valence-corrected chi connectivity index (χ3v) is 3.06. The standard InChI is InChI=1S/C13H14F3NO3/c1-9-4-2-3-5-10(9)11-8-19-7-6-17(11)20-12(18)13(14,15)16/h2-5,11H,6-8H2,1H3. The van der Waals surface area contributed by atoms with Crippen LogP contribution in [0, 0.1) is 6.92 Å². The molecule has 1 aliphatic rings. The van der Waals surface area contributed by atoms with E-state index < -0.39 is 18.2 Å². The van der Waals surface area contributed by atoms with Gasteiger partial charge in [-0.15, -0.1) is 5.06 Å². The molecule has 1 aromatic carbocycles. The number of hydrogen-bond acceptors (Lipinski definition) is 4. The average Bonchev–Trinajstić information content (AvgIpc) is 2.39. The van der Waals surface area contributed by atoms with Crippen molar-refractivity contribution in [3.05, 3.63) is 35.4 Å². The van der Waals surface area contributed by atoms with E-state index in [1.807, 2.05) is 19.1 Å². The first kappa shape index (κ1) is 14.8. The zero-order chi connectivity index (χ0) is 14.8. The van der Waals surface area contributed by atoms with Gasteiger partial charge in [0.1, 0.15) is 0 Å². The Kier molecular flexibility index (Phi) is 4.29. The molecule has 0 aromatic heterocycles. The van der Waals surface area contributed by atoms with Gasteiger partial charge in [-0.25, -0.2) is 4.79 Å². The van der Waals surface area contributed by atoms with Gasteiger partial charge in [-0.1, -0.05) is 24.3 Å². The largest absolute Gasteiger partial charge is 0.492 e. The predicted molar refractivity (Wildman–Crippen MR) is 63.6 cm³/mol. The summed E-state index contributed by atoms with van der Waals surface area (Å²) in [5.41, 5.74) is 1.68.